The van der Waals surface area contributed by atoms with E-state index in [1.165, 1.54) is 31.3 Å². The van der Waals surface area contributed by atoms with Crippen LogP contribution in [0.5, 0.6) is 0 Å². The van der Waals surface area contributed by atoms with Crippen molar-refractivity contribution in [3.63, 3.8) is 0 Å². The van der Waals surface area contributed by atoms with Crippen molar-refractivity contribution in [1.29, 1.82) is 0 Å². The molecule has 8 rings (SSSR count). The van der Waals surface area contributed by atoms with Crippen LogP contribution in [0.25, 0.3) is 76.2 Å². The fourth-order valence-electron chi connectivity index (χ4n) is 5.50. The highest BCUT2D eigenvalue weighted by Gasteiger charge is 2.17. The van der Waals surface area contributed by atoms with Crippen molar-refractivity contribution in [2.45, 2.75) is 0 Å². The van der Waals surface area contributed by atoms with Gasteiger partial charge in [-0.3, -0.25) is 0 Å². The van der Waals surface area contributed by atoms with Crippen molar-refractivity contribution in [3.05, 3.63) is 140 Å². The predicted octanol–water partition coefficient (Wildman–Crippen LogP) is 10.1. The quantitative estimate of drug-likeness (QED) is 0.222. The zero-order chi connectivity index (χ0) is 27.2. The van der Waals surface area contributed by atoms with Gasteiger partial charge in [0.05, 0.1) is 27.1 Å². The lowest BCUT2D eigenvalue weighted by atomic mass is 9.98. The third-order valence-electron chi connectivity index (χ3n) is 7.50. The minimum atomic E-state index is 0.721. The van der Waals surface area contributed by atoms with Gasteiger partial charge in [-0.1, -0.05) is 121 Å². The topological polar surface area (TPSA) is 38.7 Å². The van der Waals surface area contributed by atoms with Crippen LogP contribution in [0.15, 0.2) is 140 Å². The number of para-hydroxylation sites is 1. The zero-order valence-electron chi connectivity index (χ0n) is 22.0. The summed E-state index contributed by atoms with van der Waals surface area (Å²) in [5.74, 6) is 0.721. The number of aromatic nitrogens is 3. The summed E-state index contributed by atoms with van der Waals surface area (Å²) in [5.41, 5.74) is 9.41. The Hall–Kier alpha value is -5.19. The predicted molar refractivity (Wildman–Crippen MR) is 172 cm³/mol. The summed E-state index contributed by atoms with van der Waals surface area (Å²) < 4.78 is 2.48. The maximum atomic E-state index is 5.09. The van der Waals surface area contributed by atoms with Crippen molar-refractivity contribution in [2.24, 2.45) is 0 Å². The molecule has 41 heavy (non-hydrogen) atoms. The third-order valence-corrected chi connectivity index (χ3v) is 8.68. The van der Waals surface area contributed by atoms with Gasteiger partial charge < -0.3 is 0 Å². The molecule has 0 bridgehead atoms. The number of nitrogens with zero attached hydrogens (tertiary/aromatic N) is 3. The van der Waals surface area contributed by atoms with Gasteiger partial charge in [-0.2, -0.15) is 0 Å². The van der Waals surface area contributed by atoms with Crippen molar-refractivity contribution in [2.75, 3.05) is 0 Å². The minimum Gasteiger partial charge on any atom is -0.246 e. The van der Waals surface area contributed by atoms with E-state index < -0.39 is 0 Å². The van der Waals surface area contributed by atoms with Crippen LogP contribution in [-0.4, -0.2) is 15.0 Å². The van der Waals surface area contributed by atoms with Crippen LogP contribution in [0, 0.1) is 0 Å². The molecule has 0 aliphatic rings. The van der Waals surface area contributed by atoms with Crippen LogP contribution < -0.4 is 0 Å². The lowest BCUT2D eigenvalue weighted by Crippen LogP contribution is -1.95. The van der Waals surface area contributed by atoms with Crippen LogP contribution in [0.1, 0.15) is 0 Å². The van der Waals surface area contributed by atoms with E-state index in [1.54, 1.807) is 0 Å². The second kappa shape index (κ2) is 9.77. The van der Waals surface area contributed by atoms with Gasteiger partial charge >= 0.3 is 0 Å². The Morgan fingerprint density at radius 3 is 1.73 bits per heavy atom. The molecule has 0 fully saturated rings. The van der Waals surface area contributed by atoms with E-state index in [9.17, 15) is 0 Å². The first-order valence-electron chi connectivity index (χ1n) is 13.6. The smallest absolute Gasteiger partial charge is 0.160 e. The number of hydrogen-bond donors (Lipinski definition) is 0. The van der Waals surface area contributed by atoms with Crippen molar-refractivity contribution in [1.82, 2.24) is 15.0 Å². The van der Waals surface area contributed by atoms with Gasteiger partial charge in [0.2, 0.25) is 0 Å². The first-order valence-corrected chi connectivity index (χ1v) is 14.4. The molecule has 0 saturated carbocycles. The summed E-state index contributed by atoms with van der Waals surface area (Å²) >= 11 is 1.81. The standard InChI is InChI=1S/C37H23N3S/c1-3-11-24(12-4-1)31-23-32(40-37(39-31)27-13-5-2-6-14-27)25-19-21-26(22-20-25)34-28-15-7-9-17-30(28)38-35-29-16-8-10-18-33(29)41-36(34)35/h1-23H. The lowest BCUT2D eigenvalue weighted by molar-refractivity contribution is 1.18. The van der Waals surface area contributed by atoms with Crippen molar-refractivity contribution < 1.29 is 0 Å². The Balaban J connectivity index is 1.30. The van der Waals surface area contributed by atoms with Gasteiger partial charge in [-0.05, 0) is 23.8 Å². The van der Waals surface area contributed by atoms with E-state index >= 15 is 0 Å². The molecule has 0 radical (unpaired) electrons. The van der Waals surface area contributed by atoms with Crippen LogP contribution in [-0.2, 0) is 0 Å². The van der Waals surface area contributed by atoms with Gasteiger partial charge in [0, 0.05) is 37.7 Å². The molecule has 0 N–H and O–H groups in total. The number of rotatable bonds is 4. The minimum absolute atomic E-state index is 0.721. The third kappa shape index (κ3) is 4.17. The number of pyridine rings is 1. The molecule has 8 aromatic rings. The molecule has 4 heteroatoms. The number of benzene rings is 5. The maximum absolute atomic E-state index is 5.09. The summed E-state index contributed by atoms with van der Waals surface area (Å²) in [6.07, 6.45) is 0. The van der Waals surface area contributed by atoms with Gasteiger partial charge in [-0.15, -0.1) is 11.3 Å². The molecule has 0 spiro atoms. The maximum Gasteiger partial charge on any atom is 0.160 e. The Morgan fingerprint density at radius 2 is 1.00 bits per heavy atom. The van der Waals surface area contributed by atoms with Crippen LogP contribution in [0.4, 0.5) is 0 Å². The second-order valence-electron chi connectivity index (χ2n) is 10.1. The van der Waals surface area contributed by atoms with Crippen LogP contribution in [0.3, 0.4) is 0 Å². The van der Waals surface area contributed by atoms with E-state index in [2.05, 4.69) is 103 Å². The fraction of sp³-hybridized carbons (Fsp3) is 0. The number of thiophene rings is 1. The highest BCUT2D eigenvalue weighted by atomic mass is 32.1. The molecule has 3 heterocycles. The van der Waals surface area contributed by atoms with Crippen LogP contribution >= 0.6 is 11.3 Å². The Bertz CT molecular complexity index is 2130. The molecule has 0 aliphatic heterocycles. The molecule has 3 nitrogen and oxygen atoms in total. The van der Waals surface area contributed by atoms with E-state index in [-0.39, 0.29) is 0 Å². The molecule has 5 aromatic carbocycles. The van der Waals surface area contributed by atoms with Gasteiger partial charge in [-0.25, -0.2) is 15.0 Å². The normalized spacial score (nSPS) is 11.4. The Kier molecular flexibility index (Phi) is 5.64. The molecular weight excluding hydrogens is 518 g/mol. The summed E-state index contributed by atoms with van der Waals surface area (Å²) in [6, 6.07) is 48.3. The lowest BCUT2D eigenvalue weighted by Gasteiger charge is -2.11. The second-order valence-corrected chi connectivity index (χ2v) is 11.1. The molecule has 0 atom stereocenters. The molecule has 192 valence electrons. The van der Waals surface area contributed by atoms with E-state index in [0.29, 0.717) is 0 Å². The van der Waals surface area contributed by atoms with E-state index in [1.807, 2.05) is 47.7 Å². The molecular formula is C37H23N3S. The number of hydrogen-bond acceptors (Lipinski definition) is 4. The highest BCUT2D eigenvalue weighted by molar-refractivity contribution is 7.26. The summed E-state index contributed by atoms with van der Waals surface area (Å²) in [4.78, 5) is 15.0. The Labute approximate surface area is 241 Å². The van der Waals surface area contributed by atoms with Gasteiger partial charge in [0.1, 0.15) is 0 Å². The van der Waals surface area contributed by atoms with Crippen molar-refractivity contribution >= 4 is 42.5 Å². The fourth-order valence-corrected chi connectivity index (χ4v) is 6.72. The molecule has 0 unspecified atom stereocenters. The summed E-state index contributed by atoms with van der Waals surface area (Å²) in [5, 5.41) is 2.37. The molecule has 0 saturated heterocycles. The summed E-state index contributed by atoms with van der Waals surface area (Å²) in [7, 11) is 0. The first-order chi connectivity index (χ1) is 20.3. The summed E-state index contributed by atoms with van der Waals surface area (Å²) in [6.45, 7) is 0. The van der Waals surface area contributed by atoms with Crippen LogP contribution in [0.2, 0.25) is 0 Å². The Morgan fingerprint density at radius 1 is 0.439 bits per heavy atom. The van der Waals surface area contributed by atoms with E-state index in [0.717, 1.165) is 44.9 Å². The monoisotopic (exact) mass is 541 g/mol. The van der Waals surface area contributed by atoms with Gasteiger partial charge in [0.15, 0.2) is 5.82 Å². The SMILES string of the molecule is c1ccc(-c2cc(-c3ccc(-c4c5ccccc5nc5c4sc4ccccc45)cc3)nc(-c3ccccc3)n2)cc1. The molecule has 0 aliphatic carbocycles. The zero-order valence-corrected chi connectivity index (χ0v) is 22.8. The largest absolute Gasteiger partial charge is 0.246 e. The first kappa shape index (κ1) is 23.7. The average Bonchev–Trinajstić information content (AvgIpc) is 3.42. The van der Waals surface area contributed by atoms with Crippen molar-refractivity contribution in [3.8, 4) is 45.0 Å². The molecule has 0 amide bonds. The van der Waals surface area contributed by atoms with Gasteiger partial charge in [0.25, 0.3) is 0 Å². The van der Waals surface area contributed by atoms with E-state index in [4.69, 9.17) is 15.0 Å². The molecule has 3 aromatic heterocycles. The number of fused-ring (bicyclic) bond motifs is 4. The average molecular weight is 542 g/mol. The highest BCUT2D eigenvalue weighted by Crippen LogP contribution is 2.43.